The largest absolute Gasteiger partial charge is 0.381 e. The van der Waals surface area contributed by atoms with Crippen LogP contribution < -0.4 is 0 Å². The number of aryl methyl sites for hydroxylation is 1. The molecule has 4 heteroatoms. The molecule has 0 bridgehead atoms. The van der Waals surface area contributed by atoms with Crippen molar-refractivity contribution >= 4 is 15.9 Å². The zero-order valence-corrected chi connectivity index (χ0v) is 9.03. The summed E-state index contributed by atoms with van der Waals surface area (Å²) in [6, 6.07) is 0. The van der Waals surface area contributed by atoms with Crippen LogP contribution in [-0.4, -0.2) is 23.0 Å². The van der Waals surface area contributed by atoms with Crippen molar-refractivity contribution in [2.45, 2.75) is 19.4 Å². The van der Waals surface area contributed by atoms with E-state index in [9.17, 15) is 0 Å². The van der Waals surface area contributed by atoms with Gasteiger partial charge in [-0.3, -0.25) is 4.68 Å². The normalized spacial score (nSPS) is 22.4. The van der Waals surface area contributed by atoms with Gasteiger partial charge in [0, 0.05) is 26.0 Å². The lowest BCUT2D eigenvalue weighted by Gasteiger charge is -2.06. The van der Waals surface area contributed by atoms with E-state index in [2.05, 4.69) is 21.0 Å². The first-order chi connectivity index (χ1) is 6.34. The Kier molecular flexibility index (Phi) is 3.01. The third-order valence-corrected chi connectivity index (χ3v) is 2.80. The lowest BCUT2D eigenvalue weighted by Crippen LogP contribution is -2.06. The van der Waals surface area contributed by atoms with Crippen molar-refractivity contribution in [3.63, 3.8) is 0 Å². The van der Waals surface area contributed by atoms with Crippen LogP contribution in [0.3, 0.4) is 0 Å². The van der Waals surface area contributed by atoms with Crippen LogP contribution in [0, 0.1) is 5.92 Å². The fourth-order valence-electron chi connectivity index (χ4n) is 1.59. The van der Waals surface area contributed by atoms with E-state index in [1.54, 1.807) is 0 Å². The smallest absolute Gasteiger partial charge is 0.0632 e. The van der Waals surface area contributed by atoms with Crippen LogP contribution in [0.25, 0.3) is 0 Å². The maximum absolute atomic E-state index is 5.31. The molecule has 1 fully saturated rings. The molecule has 1 aromatic heterocycles. The fraction of sp³-hybridized carbons (Fsp3) is 0.667. The topological polar surface area (TPSA) is 27.1 Å². The molecule has 1 unspecified atom stereocenters. The van der Waals surface area contributed by atoms with Crippen molar-refractivity contribution in [1.82, 2.24) is 9.78 Å². The van der Waals surface area contributed by atoms with Crippen molar-refractivity contribution < 1.29 is 4.74 Å². The summed E-state index contributed by atoms with van der Waals surface area (Å²) in [5.74, 6) is 0.739. The molecule has 1 aromatic rings. The van der Waals surface area contributed by atoms with Gasteiger partial charge in [0.1, 0.15) is 0 Å². The van der Waals surface area contributed by atoms with Gasteiger partial charge in [-0.25, -0.2) is 0 Å². The third kappa shape index (κ3) is 2.54. The maximum Gasteiger partial charge on any atom is 0.0632 e. The Morgan fingerprint density at radius 2 is 2.62 bits per heavy atom. The van der Waals surface area contributed by atoms with Crippen LogP contribution in [-0.2, 0) is 11.3 Å². The van der Waals surface area contributed by atoms with Crippen molar-refractivity contribution in [1.29, 1.82) is 0 Å². The van der Waals surface area contributed by atoms with E-state index in [0.29, 0.717) is 0 Å². The first-order valence-electron chi connectivity index (χ1n) is 4.60. The number of nitrogens with zero attached hydrogens (tertiary/aromatic N) is 2. The highest BCUT2D eigenvalue weighted by molar-refractivity contribution is 9.10. The molecule has 72 valence electrons. The summed E-state index contributed by atoms with van der Waals surface area (Å²) in [5, 5.41) is 4.21. The van der Waals surface area contributed by atoms with Gasteiger partial charge in [0.2, 0.25) is 0 Å². The minimum atomic E-state index is 0.739. The van der Waals surface area contributed by atoms with Gasteiger partial charge in [0.25, 0.3) is 0 Å². The second-order valence-electron chi connectivity index (χ2n) is 3.44. The molecule has 3 nitrogen and oxygen atoms in total. The lowest BCUT2D eigenvalue weighted by atomic mass is 10.1. The second-order valence-corrected chi connectivity index (χ2v) is 4.36. The summed E-state index contributed by atoms with van der Waals surface area (Å²) in [7, 11) is 0. The van der Waals surface area contributed by atoms with Crippen molar-refractivity contribution in [3.8, 4) is 0 Å². The van der Waals surface area contributed by atoms with E-state index in [1.165, 1.54) is 12.8 Å². The van der Waals surface area contributed by atoms with E-state index >= 15 is 0 Å². The van der Waals surface area contributed by atoms with Gasteiger partial charge in [0.05, 0.1) is 10.7 Å². The molecule has 2 heterocycles. The third-order valence-electron chi connectivity index (χ3n) is 2.39. The Balaban J connectivity index is 1.78. The highest BCUT2D eigenvalue weighted by Crippen LogP contribution is 2.17. The first kappa shape index (κ1) is 9.21. The number of aromatic nitrogens is 2. The molecule has 1 aliphatic heterocycles. The molecule has 0 aliphatic carbocycles. The highest BCUT2D eigenvalue weighted by Gasteiger charge is 2.15. The van der Waals surface area contributed by atoms with Gasteiger partial charge in [0.15, 0.2) is 0 Å². The predicted molar refractivity (Wildman–Crippen MR) is 53.5 cm³/mol. The maximum atomic E-state index is 5.31. The van der Waals surface area contributed by atoms with Gasteiger partial charge >= 0.3 is 0 Å². The van der Waals surface area contributed by atoms with Crippen LogP contribution in [0.4, 0.5) is 0 Å². The average molecular weight is 245 g/mol. The fourth-order valence-corrected chi connectivity index (χ4v) is 1.91. The Morgan fingerprint density at radius 1 is 1.69 bits per heavy atom. The monoisotopic (exact) mass is 244 g/mol. The molecule has 0 radical (unpaired) electrons. The standard InChI is InChI=1S/C9H13BrN2O/c10-9-5-11-12(6-9)3-1-8-2-4-13-7-8/h5-6,8H,1-4,7H2. The Morgan fingerprint density at radius 3 is 3.23 bits per heavy atom. The molecule has 0 amide bonds. The molecular weight excluding hydrogens is 232 g/mol. The number of hydrogen-bond acceptors (Lipinski definition) is 2. The quantitative estimate of drug-likeness (QED) is 0.815. The summed E-state index contributed by atoms with van der Waals surface area (Å²) in [6.45, 7) is 2.87. The van der Waals surface area contributed by atoms with Gasteiger partial charge in [-0.05, 0) is 34.7 Å². The number of hydrogen-bond donors (Lipinski definition) is 0. The summed E-state index contributed by atoms with van der Waals surface area (Å²) in [6.07, 6.45) is 6.22. The van der Waals surface area contributed by atoms with Crippen LogP contribution in [0.5, 0.6) is 0 Å². The molecule has 1 atom stereocenters. The molecule has 1 aliphatic rings. The minimum Gasteiger partial charge on any atom is -0.381 e. The average Bonchev–Trinajstić information content (AvgIpc) is 2.71. The first-order valence-corrected chi connectivity index (χ1v) is 5.39. The lowest BCUT2D eigenvalue weighted by molar-refractivity contribution is 0.183. The molecule has 2 rings (SSSR count). The van der Waals surface area contributed by atoms with Crippen LogP contribution in [0.2, 0.25) is 0 Å². The van der Waals surface area contributed by atoms with Crippen molar-refractivity contribution in [3.05, 3.63) is 16.9 Å². The zero-order valence-electron chi connectivity index (χ0n) is 7.45. The SMILES string of the molecule is Brc1cnn(CCC2CCOC2)c1. The van der Waals surface area contributed by atoms with Crippen molar-refractivity contribution in [2.75, 3.05) is 13.2 Å². The predicted octanol–water partition coefficient (Wildman–Crippen LogP) is 2.07. The van der Waals surface area contributed by atoms with E-state index in [-0.39, 0.29) is 0 Å². The Bertz CT molecular complexity index is 268. The van der Waals surface area contributed by atoms with Gasteiger partial charge < -0.3 is 4.74 Å². The molecule has 0 aromatic carbocycles. The van der Waals surface area contributed by atoms with Crippen LogP contribution in [0.15, 0.2) is 16.9 Å². The van der Waals surface area contributed by atoms with Gasteiger partial charge in [-0.1, -0.05) is 0 Å². The molecule has 0 spiro atoms. The van der Waals surface area contributed by atoms with Crippen molar-refractivity contribution in [2.24, 2.45) is 5.92 Å². The van der Waals surface area contributed by atoms with Gasteiger partial charge in [-0.2, -0.15) is 5.10 Å². The highest BCUT2D eigenvalue weighted by atomic mass is 79.9. The molecule has 1 saturated heterocycles. The Labute approximate surface area is 86.2 Å². The summed E-state index contributed by atoms with van der Waals surface area (Å²) in [5.41, 5.74) is 0. The summed E-state index contributed by atoms with van der Waals surface area (Å²) >= 11 is 3.38. The molecule has 0 N–H and O–H groups in total. The van der Waals surface area contributed by atoms with Gasteiger partial charge in [-0.15, -0.1) is 0 Å². The van der Waals surface area contributed by atoms with E-state index in [4.69, 9.17) is 4.74 Å². The zero-order chi connectivity index (χ0) is 9.10. The minimum absolute atomic E-state index is 0.739. The molecular formula is C9H13BrN2O. The Hall–Kier alpha value is -0.350. The molecule has 13 heavy (non-hydrogen) atoms. The number of ether oxygens (including phenoxy) is 1. The second kappa shape index (κ2) is 4.24. The summed E-state index contributed by atoms with van der Waals surface area (Å²) < 4.78 is 8.34. The number of rotatable bonds is 3. The molecule has 0 saturated carbocycles. The number of halogens is 1. The van der Waals surface area contributed by atoms with Crippen LogP contribution in [0.1, 0.15) is 12.8 Å². The summed E-state index contributed by atoms with van der Waals surface area (Å²) in [4.78, 5) is 0. The van der Waals surface area contributed by atoms with Crippen LogP contribution >= 0.6 is 15.9 Å². The van der Waals surface area contributed by atoms with E-state index in [1.807, 2.05) is 17.1 Å². The van der Waals surface area contributed by atoms with E-state index < -0.39 is 0 Å². The van der Waals surface area contributed by atoms with E-state index in [0.717, 1.165) is 30.1 Å².